The molecule has 4 nitrogen and oxygen atoms in total. The average molecular weight is 351 g/mol. The van der Waals surface area contributed by atoms with E-state index in [2.05, 4.69) is 22.4 Å². The number of rotatable bonds is 7. The first-order chi connectivity index (χ1) is 11.7. The van der Waals surface area contributed by atoms with Gasteiger partial charge in [-0.1, -0.05) is 6.07 Å². The largest absolute Gasteiger partial charge is 0.396 e. The van der Waals surface area contributed by atoms with Gasteiger partial charge in [0.1, 0.15) is 0 Å². The molecule has 2 aliphatic heterocycles. The maximum Gasteiger partial charge on any atom is 0.222 e. The highest BCUT2D eigenvalue weighted by Crippen LogP contribution is 2.25. The number of aliphatic hydroxyl groups is 1. The molecule has 5 heteroatoms. The Labute approximate surface area is 149 Å². The number of carbonyl (C=O) groups is 1. The maximum atomic E-state index is 12.6. The summed E-state index contributed by atoms with van der Waals surface area (Å²) in [6.07, 6.45) is 6.23. The zero-order valence-corrected chi connectivity index (χ0v) is 15.3. The first-order valence-corrected chi connectivity index (χ1v) is 10.3. The van der Waals surface area contributed by atoms with Crippen LogP contribution in [0.2, 0.25) is 0 Å². The van der Waals surface area contributed by atoms with Crippen LogP contribution >= 0.6 is 11.3 Å². The predicted molar refractivity (Wildman–Crippen MR) is 98.2 cm³/mol. The van der Waals surface area contributed by atoms with E-state index in [0.717, 1.165) is 38.9 Å². The van der Waals surface area contributed by atoms with Crippen molar-refractivity contribution in [3.05, 3.63) is 22.4 Å². The third kappa shape index (κ3) is 5.04. The monoisotopic (exact) mass is 350 g/mol. The fraction of sp³-hybridized carbons (Fsp3) is 0.737. The zero-order valence-electron chi connectivity index (χ0n) is 14.5. The standard InChI is InChI=1S/C19H30N2O2S/c22-15-17-11-16(12-20-8-1-2-9-20)13-21(14-17)19(23)7-3-5-18-6-4-10-24-18/h4,6,10,16-17,22H,1-3,5,7-9,11-15H2/t16-,17+/m0/s1. The molecule has 2 fully saturated rings. The highest BCUT2D eigenvalue weighted by Gasteiger charge is 2.30. The summed E-state index contributed by atoms with van der Waals surface area (Å²) in [5.41, 5.74) is 0. The normalized spacial score (nSPS) is 25.3. The summed E-state index contributed by atoms with van der Waals surface area (Å²) in [6, 6.07) is 4.21. The lowest BCUT2D eigenvalue weighted by Crippen LogP contribution is -2.47. The molecule has 134 valence electrons. The lowest BCUT2D eigenvalue weighted by Gasteiger charge is -2.38. The number of nitrogens with zero attached hydrogens (tertiary/aromatic N) is 2. The topological polar surface area (TPSA) is 43.8 Å². The minimum atomic E-state index is 0.204. The molecule has 1 amide bonds. The SMILES string of the molecule is O=C(CCCc1cccs1)N1C[C@H](CO)C[C@@H](CN2CCCC2)C1. The summed E-state index contributed by atoms with van der Waals surface area (Å²) in [6.45, 7) is 5.32. The van der Waals surface area contributed by atoms with E-state index in [1.165, 1.54) is 30.8 Å². The predicted octanol–water partition coefficient (Wildman–Crippen LogP) is 2.62. The van der Waals surface area contributed by atoms with Crippen molar-refractivity contribution < 1.29 is 9.90 Å². The van der Waals surface area contributed by atoms with Crippen LogP contribution in [0.1, 0.15) is 37.0 Å². The molecule has 2 aliphatic rings. The number of thiophene rings is 1. The van der Waals surface area contributed by atoms with Gasteiger partial charge in [0.15, 0.2) is 0 Å². The first-order valence-electron chi connectivity index (χ1n) is 9.38. The van der Waals surface area contributed by atoms with Crippen molar-refractivity contribution in [3.8, 4) is 0 Å². The van der Waals surface area contributed by atoms with E-state index >= 15 is 0 Å². The molecule has 3 rings (SSSR count). The van der Waals surface area contributed by atoms with E-state index in [9.17, 15) is 9.90 Å². The van der Waals surface area contributed by atoms with E-state index in [-0.39, 0.29) is 18.4 Å². The zero-order chi connectivity index (χ0) is 16.8. The van der Waals surface area contributed by atoms with Crippen LogP contribution in [0.15, 0.2) is 17.5 Å². The van der Waals surface area contributed by atoms with Gasteiger partial charge in [-0.05, 0) is 68.5 Å². The molecular formula is C19H30N2O2S. The van der Waals surface area contributed by atoms with Crippen molar-refractivity contribution in [2.24, 2.45) is 11.8 Å². The summed E-state index contributed by atoms with van der Waals surface area (Å²) in [5.74, 6) is 1.05. The molecular weight excluding hydrogens is 320 g/mol. The van der Waals surface area contributed by atoms with E-state index in [4.69, 9.17) is 0 Å². The quantitative estimate of drug-likeness (QED) is 0.822. The number of hydrogen-bond acceptors (Lipinski definition) is 4. The van der Waals surface area contributed by atoms with Crippen LogP contribution in [-0.4, -0.2) is 60.1 Å². The van der Waals surface area contributed by atoms with Crippen LogP contribution in [0, 0.1) is 11.8 Å². The second-order valence-electron chi connectivity index (χ2n) is 7.39. The van der Waals surface area contributed by atoms with Gasteiger partial charge in [0.25, 0.3) is 0 Å². The lowest BCUT2D eigenvalue weighted by atomic mass is 9.89. The van der Waals surface area contributed by atoms with Crippen LogP contribution in [0.4, 0.5) is 0 Å². The highest BCUT2D eigenvalue weighted by molar-refractivity contribution is 7.09. The van der Waals surface area contributed by atoms with E-state index in [1.54, 1.807) is 11.3 Å². The van der Waals surface area contributed by atoms with Crippen LogP contribution in [0.25, 0.3) is 0 Å². The van der Waals surface area contributed by atoms with Gasteiger partial charge in [0.05, 0.1) is 0 Å². The Morgan fingerprint density at radius 1 is 1.25 bits per heavy atom. The molecule has 1 aromatic rings. The van der Waals surface area contributed by atoms with Gasteiger partial charge in [0, 0.05) is 37.5 Å². The van der Waals surface area contributed by atoms with Gasteiger partial charge in [-0.2, -0.15) is 0 Å². The smallest absolute Gasteiger partial charge is 0.222 e. The summed E-state index contributed by atoms with van der Waals surface area (Å²) >= 11 is 1.77. The van der Waals surface area contributed by atoms with Gasteiger partial charge in [-0.3, -0.25) is 4.79 Å². The summed E-state index contributed by atoms with van der Waals surface area (Å²) in [7, 11) is 0. The summed E-state index contributed by atoms with van der Waals surface area (Å²) in [5, 5.41) is 11.7. The average Bonchev–Trinajstić information content (AvgIpc) is 3.28. The molecule has 2 atom stereocenters. The molecule has 0 unspecified atom stereocenters. The molecule has 3 heterocycles. The number of hydrogen-bond donors (Lipinski definition) is 1. The van der Waals surface area contributed by atoms with Crippen molar-refractivity contribution >= 4 is 17.2 Å². The van der Waals surface area contributed by atoms with Crippen molar-refractivity contribution in [1.29, 1.82) is 0 Å². The number of aryl methyl sites for hydroxylation is 1. The van der Waals surface area contributed by atoms with Crippen LogP contribution < -0.4 is 0 Å². The molecule has 2 saturated heterocycles. The Morgan fingerprint density at radius 3 is 2.75 bits per heavy atom. The van der Waals surface area contributed by atoms with Crippen LogP contribution in [0.3, 0.4) is 0 Å². The number of likely N-dealkylation sites (tertiary alicyclic amines) is 2. The Morgan fingerprint density at radius 2 is 2.04 bits per heavy atom. The van der Waals surface area contributed by atoms with Crippen molar-refractivity contribution in [2.45, 2.75) is 38.5 Å². The van der Waals surface area contributed by atoms with E-state index < -0.39 is 0 Å². The molecule has 0 bridgehead atoms. The number of aliphatic hydroxyl groups excluding tert-OH is 1. The molecule has 1 aromatic heterocycles. The van der Waals surface area contributed by atoms with Gasteiger partial charge in [-0.25, -0.2) is 0 Å². The number of amides is 1. The maximum absolute atomic E-state index is 12.6. The highest BCUT2D eigenvalue weighted by atomic mass is 32.1. The fourth-order valence-corrected chi connectivity index (χ4v) is 4.89. The Hall–Kier alpha value is -0.910. The molecule has 0 saturated carbocycles. The van der Waals surface area contributed by atoms with Gasteiger partial charge < -0.3 is 14.9 Å². The molecule has 0 spiro atoms. The number of carbonyl (C=O) groups excluding carboxylic acids is 1. The van der Waals surface area contributed by atoms with E-state index in [0.29, 0.717) is 12.3 Å². The minimum absolute atomic E-state index is 0.204. The molecule has 24 heavy (non-hydrogen) atoms. The molecule has 0 radical (unpaired) electrons. The third-order valence-electron chi connectivity index (χ3n) is 5.34. The van der Waals surface area contributed by atoms with Crippen molar-refractivity contribution in [1.82, 2.24) is 9.80 Å². The van der Waals surface area contributed by atoms with Crippen LogP contribution in [0.5, 0.6) is 0 Å². The van der Waals surface area contributed by atoms with Crippen LogP contribution in [-0.2, 0) is 11.2 Å². The Bertz CT molecular complexity index is 499. The van der Waals surface area contributed by atoms with Gasteiger partial charge in [0.2, 0.25) is 5.91 Å². The van der Waals surface area contributed by atoms with E-state index in [1.807, 2.05) is 4.90 Å². The second-order valence-corrected chi connectivity index (χ2v) is 8.42. The van der Waals surface area contributed by atoms with Crippen molar-refractivity contribution in [2.75, 3.05) is 39.3 Å². The first kappa shape index (κ1) is 17.9. The third-order valence-corrected chi connectivity index (χ3v) is 6.28. The minimum Gasteiger partial charge on any atom is -0.396 e. The Kier molecular flexibility index (Phi) is 6.69. The van der Waals surface area contributed by atoms with Gasteiger partial charge >= 0.3 is 0 Å². The molecule has 0 aromatic carbocycles. The molecule has 0 aliphatic carbocycles. The molecule has 1 N–H and O–H groups in total. The second kappa shape index (κ2) is 8.97. The Balaban J connectivity index is 1.47. The van der Waals surface area contributed by atoms with Crippen molar-refractivity contribution in [3.63, 3.8) is 0 Å². The number of piperidine rings is 1. The summed E-state index contributed by atoms with van der Waals surface area (Å²) < 4.78 is 0. The van der Waals surface area contributed by atoms with Gasteiger partial charge in [-0.15, -0.1) is 11.3 Å². The summed E-state index contributed by atoms with van der Waals surface area (Å²) in [4.78, 5) is 18.5. The fourth-order valence-electron chi connectivity index (χ4n) is 4.14. The lowest BCUT2D eigenvalue weighted by molar-refractivity contribution is -0.134.